The van der Waals surface area contributed by atoms with E-state index in [0.717, 1.165) is 0 Å². The number of carbonyl (C=O) groups excluding carboxylic acids is 3. The summed E-state index contributed by atoms with van der Waals surface area (Å²) in [6.45, 7) is 5.20. The molecule has 1 heterocycles. The van der Waals surface area contributed by atoms with Crippen molar-refractivity contribution in [1.82, 2.24) is 10.2 Å². The molecule has 0 spiro atoms. The molecule has 1 aliphatic carbocycles. The Morgan fingerprint density at radius 2 is 1.92 bits per heavy atom. The van der Waals surface area contributed by atoms with Crippen LogP contribution in [0, 0.1) is 5.41 Å². The Bertz CT molecular complexity index is 541. The smallest absolute Gasteiger partial charge is 0.328 e. The molecule has 0 aromatic heterocycles. The highest BCUT2D eigenvalue weighted by Crippen LogP contribution is 2.40. The lowest BCUT2D eigenvalue weighted by molar-refractivity contribution is -0.153. The first-order valence-corrected chi connectivity index (χ1v) is 8.06. The number of nitrogens with one attached hydrogen (secondary N) is 1. The molecule has 1 saturated carbocycles. The van der Waals surface area contributed by atoms with E-state index in [2.05, 4.69) is 10.1 Å². The predicted molar refractivity (Wildman–Crippen MR) is 82.6 cm³/mol. The maximum absolute atomic E-state index is 14.0. The molecule has 1 saturated heterocycles. The summed E-state index contributed by atoms with van der Waals surface area (Å²) in [5.41, 5.74) is -2.58. The van der Waals surface area contributed by atoms with E-state index in [1.165, 1.54) is 12.0 Å². The van der Waals surface area contributed by atoms with Gasteiger partial charge in [-0.3, -0.25) is 9.59 Å². The molecule has 2 N–H and O–H groups in total. The Kier molecular flexibility index (Phi) is 4.90. The fourth-order valence-electron chi connectivity index (χ4n) is 2.83. The molecule has 0 radical (unpaired) electrons. The minimum absolute atomic E-state index is 0.0260. The van der Waals surface area contributed by atoms with Crippen LogP contribution in [0.5, 0.6) is 0 Å². The molecule has 2 rings (SSSR count). The zero-order valence-electron chi connectivity index (χ0n) is 14.5. The van der Waals surface area contributed by atoms with Gasteiger partial charge in [0.1, 0.15) is 12.1 Å². The highest BCUT2D eigenvalue weighted by Gasteiger charge is 2.53. The van der Waals surface area contributed by atoms with Crippen LogP contribution in [0.4, 0.5) is 4.39 Å². The highest BCUT2D eigenvalue weighted by atomic mass is 19.1. The van der Waals surface area contributed by atoms with Crippen molar-refractivity contribution < 1.29 is 28.6 Å². The van der Waals surface area contributed by atoms with Crippen molar-refractivity contribution in [3.05, 3.63) is 0 Å². The third kappa shape index (κ3) is 3.68. The van der Waals surface area contributed by atoms with E-state index >= 15 is 0 Å². The number of methoxy groups -OCH3 is 1. The van der Waals surface area contributed by atoms with Crippen molar-refractivity contribution in [3.8, 4) is 0 Å². The number of likely N-dealkylation sites (tertiary alicyclic amines) is 1. The predicted octanol–water partition coefficient (Wildman–Crippen LogP) is 0.154. The highest BCUT2D eigenvalue weighted by molar-refractivity contribution is 5.95. The van der Waals surface area contributed by atoms with Crippen LogP contribution in [0.1, 0.15) is 40.0 Å². The zero-order chi connectivity index (χ0) is 18.3. The molecule has 8 heteroatoms. The average molecular weight is 344 g/mol. The van der Waals surface area contributed by atoms with Crippen molar-refractivity contribution >= 4 is 17.8 Å². The second kappa shape index (κ2) is 6.31. The Balaban J connectivity index is 2.20. The summed E-state index contributed by atoms with van der Waals surface area (Å²) in [5, 5.41) is 12.3. The summed E-state index contributed by atoms with van der Waals surface area (Å²) >= 11 is 0. The molecule has 3 atom stereocenters. The SMILES string of the molecule is COC(=O)[C@@H]1CC(O)CN1C(=O)[C@@H](NC(=O)C1(F)CC1)C(C)(C)C. The lowest BCUT2D eigenvalue weighted by Crippen LogP contribution is -2.58. The van der Waals surface area contributed by atoms with Crippen molar-refractivity contribution in [2.24, 2.45) is 5.41 Å². The third-order valence-corrected chi connectivity index (χ3v) is 4.52. The number of halogens is 1. The lowest BCUT2D eigenvalue weighted by atomic mass is 9.85. The minimum atomic E-state index is -1.89. The number of hydrogen-bond donors (Lipinski definition) is 2. The Morgan fingerprint density at radius 3 is 2.38 bits per heavy atom. The number of nitrogens with zero attached hydrogens (tertiary/aromatic N) is 1. The minimum Gasteiger partial charge on any atom is -0.467 e. The van der Waals surface area contributed by atoms with E-state index in [9.17, 15) is 23.9 Å². The number of aliphatic hydroxyl groups excluding tert-OH is 1. The molecule has 24 heavy (non-hydrogen) atoms. The fraction of sp³-hybridized carbons (Fsp3) is 0.812. The number of alkyl halides is 1. The van der Waals surface area contributed by atoms with Gasteiger partial charge in [-0.25, -0.2) is 9.18 Å². The van der Waals surface area contributed by atoms with Gasteiger partial charge in [-0.1, -0.05) is 20.8 Å². The van der Waals surface area contributed by atoms with Crippen LogP contribution in [-0.2, 0) is 19.1 Å². The number of β-amino-alcohol motifs (C(OH)–C–C–N with tert-alkyl or cyclic N) is 1. The monoisotopic (exact) mass is 344 g/mol. The van der Waals surface area contributed by atoms with E-state index in [1.54, 1.807) is 20.8 Å². The number of ether oxygens (including phenoxy) is 1. The molecule has 1 aliphatic heterocycles. The summed E-state index contributed by atoms with van der Waals surface area (Å²) in [6.07, 6.45) is -0.463. The first-order valence-electron chi connectivity index (χ1n) is 8.06. The molecule has 0 bridgehead atoms. The molecule has 0 aromatic carbocycles. The van der Waals surface area contributed by atoms with E-state index in [-0.39, 0.29) is 25.8 Å². The van der Waals surface area contributed by atoms with Crippen LogP contribution in [0.2, 0.25) is 0 Å². The molecule has 1 unspecified atom stereocenters. The fourth-order valence-corrected chi connectivity index (χ4v) is 2.83. The van der Waals surface area contributed by atoms with Crippen molar-refractivity contribution in [2.45, 2.75) is 63.9 Å². The summed E-state index contributed by atoms with van der Waals surface area (Å²) in [4.78, 5) is 38.0. The molecule has 0 aromatic rings. The first kappa shape index (κ1) is 18.6. The summed E-state index contributed by atoms with van der Waals surface area (Å²) in [5.74, 6) is -1.94. The van der Waals surface area contributed by atoms with Crippen LogP contribution in [0.3, 0.4) is 0 Å². The molecule has 2 amide bonds. The van der Waals surface area contributed by atoms with E-state index in [1.807, 2.05) is 0 Å². The second-order valence-electron chi connectivity index (χ2n) is 7.66. The molecule has 2 fully saturated rings. The van der Waals surface area contributed by atoms with Gasteiger partial charge in [0, 0.05) is 13.0 Å². The normalized spacial score (nSPS) is 26.7. The number of rotatable bonds is 4. The van der Waals surface area contributed by atoms with Gasteiger partial charge < -0.3 is 20.1 Å². The largest absolute Gasteiger partial charge is 0.467 e. The van der Waals surface area contributed by atoms with E-state index in [0.29, 0.717) is 0 Å². The zero-order valence-corrected chi connectivity index (χ0v) is 14.5. The average Bonchev–Trinajstić information content (AvgIpc) is 3.12. The molecule has 7 nitrogen and oxygen atoms in total. The second-order valence-corrected chi connectivity index (χ2v) is 7.66. The van der Waals surface area contributed by atoms with Crippen molar-refractivity contribution in [2.75, 3.05) is 13.7 Å². The molecular formula is C16H25FN2O5. The number of hydrogen-bond acceptors (Lipinski definition) is 5. The number of aliphatic hydroxyl groups is 1. The molecular weight excluding hydrogens is 319 g/mol. The Hall–Kier alpha value is -1.70. The molecule has 136 valence electrons. The van der Waals surface area contributed by atoms with Gasteiger partial charge in [-0.15, -0.1) is 0 Å². The van der Waals surface area contributed by atoms with Crippen LogP contribution in [0.15, 0.2) is 0 Å². The van der Waals surface area contributed by atoms with Crippen molar-refractivity contribution in [3.63, 3.8) is 0 Å². The van der Waals surface area contributed by atoms with Gasteiger partial charge in [0.15, 0.2) is 5.67 Å². The van der Waals surface area contributed by atoms with Crippen LogP contribution in [0.25, 0.3) is 0 Å². The number of esters is 1. The number of carbonyl (C=O) groups is 3. The third-order valence-electron chi connectivity index (χ3n) is 4.52. The lowest BCUT2D eigenvalue weighted by Gasteiger charge is -2.35. The maximum atomic E-state index is 14.0. The molecule has 2 aliphatic rings. The Morgan fingerprint density at radius 1 is 1.33 bits per heavy atom. The van der Waals surface area contributed by atoms with Crippen molar-refractivity contribution in [1.29, 1.82) is 0 Å². The topological polar surface area (TPSA) is 95.9 Å². The van der Waals surface area contributed by atoms with Gasteiger partial charge >= 0.3 is 5.97 Å². The van der Waals surface area contributed by atoms with E-state index in [4.69, 9.17) is 0 Å². The van der Waals surface area contributed by atoms with E-state index < -0.39 is 47.1 Å². The van der Waals surface area contributed by atoms with Gasteiger partial charge in [-0.2, -0.15) is 0 Å². The quantitative estimate of drug-likeness (QED) is 0.708. The first-order chi connectivity index (χ1) is 11.0. The van der Waals surface area contributed by atoms with Crippen LogP contribution >= 0.6 is 0 Å². The summed E-state index contributed by atoms with van der Waals surface area (Å²) in [6, 6.07) is -1.91. The summed E-state index contributed by atoms with van der Waals surface area (Å²) in [7, 11) is 1.21. The Labute approximate surface area is 140 Å². The van der Waals surface area contributed by atoms with Crippen LogP contribution < -0.4 is 5.32 Å². The number of amides is 2. The van der Waals surface area contributed by atoms with Gasteiger partial charge in [-0.05, 0) is 18.3 Å². The standard InChI is InChI=1S/C16H25FN2O5/c1-15(2,3)11(18-14(23)16(17)5-6-16)12(21)19-8-9(20)7-10(19)13(22)24-4/h9-11,20H,5-8H2,1-4H3,(H,18,23)/t9?,10-,11+/m0/s1. The van der Waals surface area contributed by atoms with Gasteiger partial charge in [0.25, 0.3) is 5.91 Å². The summed E-state index contributed by atoms with van der Waals surface area (Å²) < 4.78 is 18.6. The van der Waals surface area contributed by atoms with Gasteiger partial charge in [0.05, 0.1) is 13.2 Å². The van der Waals surface area contributed by atoms with Gasteiger partial charge in [0.2, 0.25) is 5.91 Å². The van der Waals surface area contributed by atoms with Crippen LogP contribution in [-0.4, -0.2) is 65.3 Å². The maximum Gasteiger partial charge on any atom is 0.328 e.